The smallest absolute Gasteiger partial charge is 0.300 e. The van der Waals surface area contributed by atoms with Crippen molar-refractivity contribution in [2.45, 2.75) is 13.0 Å². The molecular weight excluding hydrogens is 435 g/mol. The van der Waals surface area contributed by atoms with Crippen LogP contribution >= 0.6 is 0 Å². The highest BCUT2D eigenvalue weighted by Crippen LogP contribution is 2.45. The molecule has 2 heterocycles. The topological polar surface area (TPSA) is 82.6 Å². The van der Waals surface area contributed by atoms with Crippen LogP contribution in [0, 0.1) is 12.7 Å². The van der Waals surface area contributed by atoms with E-state index in [1.165, 1.54) is 24.1 Å². The number of methoxy groups -OCH3 is 1. The first-order chi connectivity index (χ1) is 16.4. The van der Waals surface area contributed by atoms with Crippen molar-refractivity contribution in [3.8, 4) is 5.75 Å². The predicted octanol–water partition coefficient (Wildman–Crippen LogP) is 5.25. The van der Waals surface area contributed by atoms with E-state index in [0.29, 0.717) is 11.3 Å². The van der Waals surface area contributed by atoms with Gasteiger partial charge in [0, 0.05) is 28.4 Å². The van der Waals surface area contributed by atoms with E-state index in [4.69, 9.17) is 4.74 Å². The Morgan fingerprint density at radius 3 is 2.62 bits per heavy atom. The maximum atomic E-state index is 14.1. The number of aliphatic hydroxyl groups excluding tert-OH is 1. The number of ketones is 1. The van der Waals surface area contributed by atoms with Gasteiger partial charge in [-0.1, -0.05) is 30.3 Å². The molecule has 1 amide bonds. The second-order valence-corrected chi connectivity index (χ2v) is 8.14. The molecule has 1 aromatic heterocycles. The number of aliphatic hydroxyl groups is 1. The number of H-pyrrole nitrogens is 1. The zero-order chi connectivity index (χ0) is 24.0. The number of anilines is 1. The molecule has 5 rings (SSSR count). The van der Waals surface area contributed by atoms with E-state index in [9.17, 15) is 19.1 Å². The standard InChI is InChI=1S/C27H21FN2O4/c1-15-6-5-7-17(12-15)30-24(20-14-29-21-9-4-3-8-18(20)21)23(26(32)27(30)33)25(31)19-13-16(28)10-11-22(19)34-2/h3-14,24,29,31H,1-2H3/b25-23+. The number of Topliss-reactive ketones (excluding diaryl/α,β-unsaturated/α-hetero) is 1. The fraction of sp³-hybridized carbons (Fsp3) is 0.111. The minimum Gasteiger partial charge on any atom is -0.507 e. The number of rotatable bonds is 4. The van der Waals surface area contributed by atoms with Crippen molar-refractivity contribution in [1.29, 1.82) is 0 Å². The van der Waals surface area contributed by atoms with Crippen LogP contribution in [-0.4, -0.2) is 28.9 Å². The molecule has 170 valence electrons. The SMILES string of the molecule is COc1ccc(F)cc1/C(O)=C1\C(=O)C(=O)N(c2cccc(C)c2)C1c1c[nH]c2ccccc12. The average molecular weight is 456 g/mol. The van der Waals surface area contributed by atoms with Crippen LogP contribution < -0.4 is 9.64 Å². The van der Waals surface area contributed by atoms with E-state index >= 15 is 0 Å². The largest absolute Gasteiger partial charge is 0.507 e. The normalized spacial score (nSPS) is 17.5. The van der Waals surface area contributed by atoms with Gasteiger partial charge in [-0.2, -0.15) is 0 Å². The summed E-state index contributed by atoms with van der Waals surface area (Å²) in [6.45, 7) is 1.89. The summed E-state index contributed by atoms with van der Waals surface area (Å²) in [7, 11) is 1.38. The third-order valence-corrected chi connectivity index (χ3v) is 6.06. The number of aryl methyl sites for hydroxylation is 1. The number of nitrogens with one attached hydrogen (secondary N) is 1. The molecule has 7 heteroatoms. The zero-order valence-corrected chi connectivity index (χ0v) is 18.5. The van der Waals surface area contributed by atoms with Gasteiger partial charge in [0.1, 0.15) is 17.3 Å². The van der Waals surface area contributed by atoms with E-state index in [2.05, 4.69) is 4.98 Å². The van der Waals surface area contributed by atoms with E-state index in [0.717, 1.165) is 22.5 Å². The first-order valence-electron chi connectivity index (χ1n) is 10.7. The van der Waals surface area contributed by atoms with Gasteiger partial charge in [0.25, 0.3) is 11.7 Å². The Morgan fingerprint density at radius 2 is 1.85 bits per heavy atom. The Balaban J connectivity index is 1.82. The number of amides is 1. The van der Waals surface area contributed by atoms with Crippen molar-refractivity contribution >= 4 is 34.0 Å². The van der Waals surface area contributed by atoms with Crippen molar-refractivity contribution in [3.63, 3.8) is 0 Å². The molecule has 4 aromatic rings. The summed E-state index contributed by atoms with van der Waals surface area (Å²) in [5, 5.41) is 12.1. The van der Waals surface area contributed by atoms with Gasteiger partial charge in [-0.25, -0.2) is 4.39 Å². The number of hydrogen-bond acceptors (Lipinski definition) is 4. The van der Waals surface area contributed by atoms with Gasteiger partial charge < -0.3 is 14.8 Å². The minimum absolute atomic E-state index is 0.00502. The maximum absolute atomic E-state index is 14.1. The van der Waals surface area contributed by atoms with Crippen LogP contribution in [0.5, 0.6) is 5.75 Å². The van der Waals surface area contributed by atoms with Crippen molar-refractivity contribution < 1.29 is 23.8 Å². The number of ether oxygens (including phenoxy) is 1. The van der Waals surface area contributed by atoms with Crippen LogP contribution in [0.15, 0.2) is 78.5 Å². The molecule has 1 fully saturated rings. The molecule has 2 N–H and O–H groups in total. The molecule has 6 nitrogen and oxygen atoms in total. The fourth-order valence-corrected chi connectivity index (χ4v) is 4.50. The molecule has 0 aliphatic carbocycles. The van der Waals surface area contributed by atoms with Gasteiger partial charge in [0.15, 0.2) is 0 Å². The molecule has 1 aliphatic rings. The third kappa shape index (κ3) is 3.33. The molecule has 1 atom stereocenters. The van der Waals surface area contributed by atoms with Crippen molar-refractivity contribution in [2.24, 2.45) is 0 Å². The van der Waals surface area contributed by atoms with Crippen molar-refractivity contribution in [1.82, 2.24) is 4.98 Å². The lowest BCUT2D eigenvalue weighted by Crippen LogP contribution is -2.29. The van der Waals surface area contributed by atoms with E-state index in [-0.39, 0.29) is 16.9 Å². The number of aromatic amines is 1. The average Bonchev–Trinajstić information content (AvgIpc) is 3.37. The lowest BCUT2D eigenvalue weighted by molar-refractivity contribution is -0.132. The Bertz CT molecular complexity index is 1490. The number of para-hydroxylation sites is 1. The molecule has 0 spiro atoms. The van der Waals surface area contributed by atoms with Crippen LogP contribution in [0.2, 0.25) is 0 Å². The van der Waals surface area contributed by atoms with Gasteiger partial charge in [0.2, 0.25) is 0 Å². The molecule has 1 saturated heterocycles. The number of aromatic nitrogens is 1. The number of benzene rings is 3. The number of hydrogen-bond donors (Lipinski definition) is 2. The Kier molecular flexibility index (Phi) is 5.17. The van der Waals surface area contributed by atoms with Crippen molar-refractivity contribution in [2.75, 3.05) is 12.0 Å². The summed E-state index contributed by atoms with van der Waals surface area (Å²) in [5.74, 6) is -2.57. The number of carbonyl (C=O) groups excluding carboxylic acids is 2. The van der Waals surface area contributed by atoms with Gasteiger partial charge in [-0.15, -0.1) is 0 Å². The number of halogens is 1. The fourth-order valence-electron chi connectivity index (χ4n) is 4.50. The monoisotopic (exact) mass is 456 g/mol. The summed E-state index contributed by atoms with van der Waals surface area (Å²) >= 11 is 0. The van der Waals surface area contributed by atoms with Crippen LogP contribution in [0.25, 0.3) is 16.7 Å². The Labute approximate surface area is 194 Å². The van der Waals surface area contributed by atoms with Gasteiger partial charge in [-0.3, -0.25) is 14.5 Å². The third-order valence-electron chi connectivity index (χ3n) is 6.06. The summed E-state index contributed by atoms with van der Waals surface area (Å²) < 4.78 is 19.4. The number of fused-ring (bicyclic) bond motifs is 1. The number of nitrogens with zero attached hydrogens (tertiary/aromatic N) is 1. The Morgan fingerprint density at radius 1 is 1.06 bits per heavy atom. The molecule has 0 radical (unpaired) electrons. The van der Waals surface area contributed by atoms with Gasteiger partial charge >= 0.3 is 0 Å². The molecule has 34 heavy (non-hydrogen) atoms. The van der Waals surface area contributed by atoms with Gasteiger partial charge in [0.05, 0.1) is 24.3 Å². The van der Waals surface area contributed by atoms with E-state index < -0.39 is 29.3 Å². The second kappa shape index (κ2) is 8.19. The summed E-state index contributed by atoms with van der Waals surface area (Å²) in [6.07, 6.45) is 1.72. The molecular formula is C27H21FN2O4. The lowest BCUT2D eigenvalue weighted by atomic mass is 9.94. The van der Waals surface area contributed by atoms with Crippen LogP contribution in [-0.2, 0) is 9.59 Å². The highest BCUT2D eigenvalue weighted by molar-refractivity contribution is 6.52. The van der Waals surface area contributed by atoms with Gasteiger partial charge in [-0.05, 0) is 48.9 Å². The molecule has 1 aliphatic heterocycles. The molecule has 1 unspecified atom stereocenters. The molecule has 0 saturated carbocycles. The van der Waals surface area contributed by atoms with Crippen LogP contribution in [0.1, 0.15) is 22.7 Å². The first-order valence-corrected chi connectivity index (χ1v) is 10.7. The summed E-state index contributed by atoms with van der Waals surface area (Å²) in [4.78, 5) is 31.3. The summed E-state index contributed by atoms with van der Waals surface area (Å²) in [5.41, 5.74) is 2.73. The highest BCUT2D eigenvalue weighted by atomic mass is 19.1. The Hall–Kier alpha value is -4.39. The molecule has 3 aromatic carbocycles. The van der Waals surface area contributed by atoms with E-state index in [1.54, 1.807) is 24.4 Å². The van der Waals surface area contributed by atoms with Crippen LogP contribution in [0.4, 0.5) is 10.1 Å². The van der Waals surface area contributed by atoms with Crippen LogP contribution in [0.3, 0.4) is 0 Å². The maximum Gasteiger partial charge on any atom is 0.300 e. The second-order valence-electron chi connectivity index (χ2n) is 8.14. The van der Waals surface area contributed by atoms with E-state index in [1.807, 2.05) is 37.3 Å². The predicted molar refractivity (Wildman–Crippen MR) is 127 cm³/mol. The highest BCUT2D eigenvalue weighted by Gasteiger charge is 2.48. The van der Waals surface area contributed by atoms with Crippen molar-refractivity contribution in [3.05, 3.63) is 101 Å². The quantitative estimate of drug-likeness (QED) is 0.250. The lowest BCUT2D eigenvalue weighted by Gasteiger charge is -2.25. The molecule has 0 bridgehead atoms. The number of carbonyl (C=O) groups is 2. The minimum atomic E-state index is -0.939. The summed E-state index contributed by atoms with van der Waals surface area (Å²) in [6, 6.07) is 17.4. The zero-order valence-electron chi connectivity index (χ0n) is 18.5. The first kappa shape index (κ1) is 21.5.